The predicted molar refractivity (Wildman–Crippen MR) is 164 cm³/mol. The van der Waals surface area contributed by atoms with Crippen molar-refractivity contribution in [3.63, 3.8) is 0 Å². The van der Waals surface area contributed by atoms with E-state index in [1.807, 2.05) is 56.3 Å². The Balaban J connectivity index is 2.02. The summed E-state index contributed by atoms with van der Waals surface area (Å²) in [6.07, 6.45) is 6.76. The second-order valence-electron chi connectivity index (χ2n) is 11.3. The van der Waals surface area contributed by atoms with E-state index in [0.717, 1.165) is 10.8 Å². The number of hydrogen-bond acceptors (Lipinski definition) is 4. The molecule has 41 heavy (non-hydrogen) atoms. The van der Waals surface area contributed by atoms with Gasteiger partial charge in [0.1, 0.15) is 17.7 Å². The maximum Gasteiger partial charge on any atom is 0.408 e. The molecule has 0 aliphatic heterocycles. The van der Waals surface area contributed by atoms with Gasteiger partial charge in [0.15, 0.2) is 0 Å². The van der Waals surface area contributed by atoms with E-state index in [1.54, 1.807) is 51.1 Å². The number of carbonyl (C=O) groups is 3. The molecule has 0 radical (unpaired) electrons. The Morgan fingerprint density at radius 1 is 1.02 bits per heavy atom. The first-order valence-corrected chi connectivity index (χ1v) is 13.7. The van der Waals surface area contributed by atoms with Gasteiger partial charge in [-0.3, -0.25) is 9.59 Å². The van der Waals surface area contributed by atoms with Crippen LogP contribution in [0.5, 0.6) is 0 Å². The topological polar surface area (TPSA) is 87.7 Å². The highest BCUT2D eigenvalue weighted by atomic mass is 16.6. The molecule has 3 amide bonds. The van der Waals surface area contributed by atoms with Crippen molar-refractivity contribution in [2.45, 2.75) is 58.7 Å². The molecular weight excluding hydrogens is 514 g/mol. The van der Waals surface area contributed by atoms with E-state index in [9.17, 15) is 14.4 Å². The van der Waals surface area contributed by atoms with E-state index in [-0.39, 0.29) is 12.5 Å². The summed E-state index contributed by atoms with van der Waals surface area (Å²) in [6.45, 7) is 13.1. The van der Waals surface area contributed by atoms with Gasteiger partial charge < -0.3 is 20.3 Å². The maximum absolute atomic E-state index is 14.1. The lowest BCUT2D eigenvalue weighted by Crippen LogP contribution is -2.52. The van der Waals surface area contributed by atoms with Crippen LogP contribution >= 0.6 is 0 Å². The van der Waals surface area contributed by atoms with Crippen molar-refractivity contribution in [1.29, 1.82) is 0 Å². The zero-order valence-corrected chi connectivity index (χ0v) is 24.4. The van der Waals surface area contributed by atoms with Crippen LogP contribution < -0.4 is 10.6 Å². The number of alkyl carbamates (subject to hydrolysis) is 1. The average molecular weight is 554 g/mol. The van der Waals surface area contributed by atoms with Gasteiger partial charge in [-0.2, -0.15) is 0 Å². The largest absolute Gasteiger partial charge is 0.444 e. The number of ether oxygens (including phenoxy) is 1. The van der Waals surface area contributed by atoms with Crippen molar-refractivity contribution >= 4 is 34.4 Å². The van der Waals surface area contributed by atoms with Crippen LogP contribution in [0, 0.1) is 18.3 Å². The van der Waals surface area contributed by atoms with Crippen LogP contribution in [-0.2, 0) is 14.3 Å². The monoisotopic (exact) mass is 553 g/mol. The molecule has 3 aromatic carbocycles. The second kappa shape index (κ2) is 13.7. The van der Waals surface area contributed by atoms with Gasteiger partial charge in [0.25, 0.3) is 5.91 Å². The van der Waals surface area contributed by atoms with Crippen molar-refractivity contribution in [3.05, 3.63) is 90.5 Å². The summed E-state index contributed by atoms with van der Waals surface area (Å²) in [7, 11) is 0. The van der Waals surface area contributed by atoms with Crippen LogP contribution in [0.4, 0.5) is 10.5 Å². The van der Waals surface area contributed by atoms with Crippen LogP contribution in [0.25, 0.3) is 10.8 Å². The van der Waals surface area contributed by atoms with Gasteiger partial charge in [-0.1, -0.05) is 68.3 Å². The Hall–Kier alpha value is -4.57. The van der Waals surface area contributed by atoms with Gasteiger partial charge in [-0.05, 0) is 73.7 Å². The zero-order chi connectivity index (χ0) is 30.2. The number of anilines is 1. The fraction of sp³-hybridized carbons (Fsp3) is 0.324. The molecule has 0 bridgehead atoms. The Kier molecular flexibility index (Phi) is 10.3. The van der Waals surface area contributed by atoms with Crippen molar-refractivity contribution in [3.8, 4) is 12.3 Å². The van der Waals surface area contributed by atoms with E-state index in [2.05, 4.69) is 23.1 Å². The Bertz CT molecular complexity index is 1430. The summed E-state index contributed by atoms with van der Waals surface area (Å²) < 4.78 is 5.43. The van der Waals surface area contributed by atoms with Crippen LogP contribution in [0.2, 0.25) is 0 Å². The molecule has 0 aliphatic carbocycles. The number of benzene rings is 3. The molecule has 0 spiro atoms. The smallest absolute Gasteiger partial charge is 0.408 e. The molecule has 0 saturated heterocycles. The van der Waals surface area contributed by atoms with Crippen molar-refractivity contribution < 1.29 is 19.1 Å². The number of terminal acetylenes is 1. The molecule has 0 heterocycles. The van der Waals surface area contributed by atoms with Crippen molar-refractivity contribution in [2.24, 2.45) is 5.92 Å². The van der Waals surface area contributed by atoms with E-state index in [1.165, 1.54) is 4.90 Å². The summed E-state index contributed by atoms with van der Waals surface area (Å²) in [6, 6.07) is 18.5. The van der Waals surface area contributed by atoms with E-state index in [4.69, 9.17) is 11.2 Å². The van der Waals surface area contributed by atoms with Gasteiger partial charge in [-0.15, -0.1) is 13.0 Å². The minimum Gasteiger partial charge on any atom is -0.444 e. The van der Waals surface area contributed by atoms with Gasteiger partial charge in [0.05, 0.1) is 0 Å². The standard InChI is InChI=1S/C34H39N3O4/c1-8-20-37(32(39)29(21-23(3)4)36-33(40)41-34(5,6)7)30(26-16-14-24(9-2)15-17-26)31(38)35-28-19-18-25-12-10-11-13-27(25)22-28/h2,8,10-19,22-23,29-30H,1,20-21H2,3-7H3,(H,35,38)(H,36,40). The average Bonchev–Trinajstić information content (AvgIpc) is 2.91. The Morgan fingerprint density at radius 3 is 2.27 bits per heavy atom. The minimum absolute atomic E-state index is 0.0656. The predicted octanol–water partition coefficient (Wildman–Crippen LogP) is 6.45. The zero-order valence-electron chi connectivity index (χ0n) is 24.4. The molecule has 7 heteroatoms. The third kappa shape index (κ3) is 8.71. The highest BCUT2D eigenvalue weighted by Gasteiger charge is 2.36. The first kappa shape index (κ1) is 31.0. The van der Waals surface area contributed by atoms with E-state index in [0.29, 0.717) is 23.2 Å². The number of rotatable bonds is 10. The van der Waals surface area contributed by atoms with Crippen molar-refractivity contribution in [1.82, 2.24) is 10.2 Å². The summed E-state index contributed by atoms with van der Waals surface area (Å²) >= 11 is 0. The highest BCUT2D eigenvalue weighted by molar-refractivity contribution is 6.00. The third-order valence-corrected chi connectivity index (χ3v) is 6.28. The molecular formula is C34H39N3O4. The van der Waals surface area contributed by atoms with Gasteiger partial charge >= 0.3 is 6.09 Å². The molecule has 0 saturated carbocycles. The molecule has 2 unspecified atom stereocenters. The number of nitrogens with one attached hydrogen (secondary N) is 2. The molecule has 214 valence electrons. The number of fused-ring (bicyclic) bond motifs is 1. The first-order chi connectivity index (χ1) is 19.4. The molecule has 2 N–H and O–H groups in total. The Morgan fingerprint density at radius 2 is 1.68 bits per heavy atom. The first-order valence-electron chi connectivity index (χ1n) is 13.7. The summed E-state index contributed by atoms with van der Waals surface area (Å²) in [5.74, 6) is 1.81. The van der Waals surface area contributed by atoms with Crippen LogP contribution in [0.3, 0.4) is 0 Å². The van der Waals surface area contributed by atoms with Gasteiger partial charge in [-0.25, -0.2) is 4.79 Å². The highest BCUT2D eigenvalue weighted by Crippen LogP contribution is 2.27. The SMILES string of the molecule is C#Cc1ccc(C(C(=O)Nc2ccc3ccccc3c2)N(CC=C)C(=O)C(CC(C)C)NC(=O)OC(C)(C)C)cc1. The molecule has 0 aromatic heterocycles. The van der Waals surface area contributed by atoms with Gasteiger partial charge in [0.2, 0.25) is 5.91 Å². The third-order valence-electron chi connectivity index (χ3n) is 6.28. The lowest BCUT2D eigenvalue weighted by atomic mass is 9.98. The lowest BCUT2D eigenvalue weighted by molar-refractivity contribution is -0.140. The van der Waals surface area contributed by atoms with Crippen molar-refractivity contribution in [2.75, 3.05) is 11.9 Å². The fourth-order valence-electron chi connectivity index (χ4n) is 4.52. The van der Waals surface area contributed by atoms with Gasteiger partial charge in [0, 0.05) is 17.8 Å². The van der Waals surface area contributed by atoms with E-state index >= 15 is 0 Å². The molecule has 0 fully saturated rings. The second-order valence-corrected chi connectivity index (χ2v) is 11.3. The lowest BCUT2D eigenvalue weighted by Gasteiger charge is -2.34. The number of amides is 3. The summed E-state index contributed by atoms with van der Waals surface area (Å²) in [5.41, 5.74) is 1.07. The molecule has 7 nitrogen and oxygen atoms in total. The minimum atomic E-state index is -1.03. The number of nitrogens with zero attached hydrogens (tertiary/aromatic N) is 1. The van der Waals surface area contributed by atoms with Crippen LogP contribution in [-0.4, -0.2) is 41.0 Å². The summed E-state index contributed by atoms with van der Waals surface area (Å²) in [4.78, 5) is 42.3. The molecule has 2 atom stereocenters. The molecule has 3 rings (SSSR count). The maximum atomic E-state index is 14.1. The fourth-order valence-corrected chi connectivity index (χ4v) is 4.52. The molecule has 0 aliphatic rings. The number of hydrogen-bond donors (Lipinski definition) is 2. The number of carbonyl (C=O) groups excluding carboxylic acids is 3. The normalized spacial score (nSPS) is 12.6. The van der Waals surface area contributed by atoms with Crippen LogP contribution in [0.1, 0.15) is 58.2 Å². The summed E-state index contributed by atoms with van der Waals surface area (Å²) in [5, 5.41) is 7.73. The Labute approximate surface area is 243 Å². The van der Waals surface area contributed by atoms with E-state index < -0.39 is 35.6 Å². The van der Waals surface area contributed by atoms with Crippen LogP contribution in [0.15, 0.2) is 79.4 Å². The quantitative estimate of drug-likeness (QED) is 0.223. The molecule has 3 aromatic rings.